The highest BCUT2D eigenvalue weighted by atomic mass is 16.5. The average Bonchev–Trinajstić information content (AvgIpc) is 3.26. The molecule has 1 aromatic heterocycles. The molecule has 6 heteroatoms. The van der Waals surface area contributed by atoms with Crippen molar-refractivity contribution in [3.05, 3.63) is 36.2 Å². The molecule has 3 rings (SSSR count). The van der Waals surface area contributed by atoms with Crippen LogP contribution in [-0.4, -0.2) is 35.9 Å². The number of nitrogens with one attached hydrogen (secondary N) is 1. The van der Waals surface area contributed by atoms with Crippen LogP contribution in [0.25, 0.3) is 11.5 Å². The zero-order valence-corrected chi connectivity index (χ0v) is 13.0. The SMILES string of the molecule is O=C(CCCc1nnc(-c2ccccc2)o1)NC[C@@H]1CCOC1. The van der Waals surface area contributed by atoms with Gasteiger partial charge >= 0.3 is 0 Å². The van der Waals surface area contributed by atoms with Crippen molar-refractivity contribution in [2.24, 2.45) is 5.92 Å². The summed E-state index contributed by atoms with van der Waals surface area (Å²) in [6, 6.07) is 9.66. The lowest BCUT2D eigenvalue weighted by Gasteiger charge is -2.08. The number of hydrogen-bond acceptors (Lipinski definition) is 5. The summed E-state index contributed by atoms with van der Waals surface area (Å²) >= 11 is 0. The van der Waals surface area contributed by atoms with E-state index in [1.807, 2.05) is 30.3 Å². The van der Waals surface area contributed by atoms with E-state index in [-0.39, 0.29) is 5.91 Å². The predicted molar refractivity (Wildman–Crippen MR) is 84.6 cm³/mol. The van der Waals surface area contributed by atoms with Crippen molar-refractivity contribution >= 4 is 5.91 Å². The Morgan fingerprint density at radius 1 is 1.26 bits per heavy atom. The van der Waals surface area contributed by atoms with E-state index in [1.165, 1.54) is 0 Å². The Bertz CT molecular complexity index is 621. The lowest BCUT2D eigenvalue weighted by atomic mass is 10.1. The monoisotopic (exact) mass is 315 g/mol. The fraction of sp³-hybridized carbons (Fsp3) is 0.471. The van der Waals surface area contributed by atoms with Gasteiger partial charge in [-0.15, -0.1) is 10.2 Å². The summed E-state index contributed by atoms with van der Waals surface area (Å²) in [6.45, 7) is 2.27. The Morgan fingerprint density at radius 3 is 2.91 bits per heavy atom. The maximum Gasteiger partial charge on any atom is 0.247 e. The Morgan fingerprint density at radius 2 is 2.13 bits per heavy atom. The molecule has 1 fully saturated rings. The molecule has 2 aromatic rings. The van der Waals surface area contributed by atoms with Gasteiger partial charge in [-0.05, 0) is 25.0 Å². The quantitative estimate of drug-likeness (QED) is 0.847. The smallest absolute Gasteiger partial charge is 0.247 e. The highest BCUT2D eigenvalue weighted by Gasteiger charge is 2.16. The van der Waals surface area contributed by atoms with Gasteiger partial charge < -0.3 is 14.5 Å². The first kappa shape index (κ1) is 15.7. The van der Waals surface area contributed by atoms with E-state index < -0.39 is 0 Å². The van der Waals surface area contributed by atoms with E-state index >= 15 is 0 Å². The minimum atomic E-state index is 0.0692. The van der Waals surface area contributed by atoms with Crippen LogP contribution in [0.5, 0.6) is 0 Å². The average molecular weight is 315 g/mol. The van der Waals surface area contributed by atoms with Crippen molar-refractivity contribution < 1.29 is 13.9 Å². The molecule has 0 spiro atoms. The molecular weight excluding hydrogens is 294 g/mol. The van der Waals surface area contributed by atoms with Gasteiger partial charge in [-0.1, -0.05) is 18.2 Å². The summed E-state index contributed by atoms with van der Waals surface area (Å²) < 4.78 is 10.9. The van der Waals surface area contributed by atoms with Crippen LogP contribution in [0.4, 0.5) is 0 Å². The molecule has 0 bridgehead atoms. The van der Waals surface area contributed by atoms with Crippen LogP contribution in [0.2, 0.25) is 0 Å². The van der Waals surface area contributed by atoms with E-state index in [1.54, 1.807) is 0 Å². The molecule has 1 aromatic carbocycles. The van der Waals surface area contributed by atoms with Crippen LogP contribution in [0, 0.1) is 5.92 Å². The Balaban J connectivity index is 1.39. The second-order valence-electron chi connectivity index (χ2n) is 5.75. The number of amides is 1. The second-order valence-corrected chi connectivity index (χ2v) is 5.75. The fourth-order valence-electron chi connectivity index (χ4n) is 2.54. The van der Waals surface area contributed by atoms with Gasteiger partial charge in [0.2, 0.25) is 17.7 Å². The minimum absolute atomic E-state index is 0.0692. The summed E-state index contributed by atoms with van der Waals surface area (Å²) in [5.41, 5.74) is 0.905. The molecule has 1 N–H and O–H groups in total. The summed E-state index contributed by atoms with van der Waals surface area (Å²) in [4.78, 5) is 11.8. The molecule has 122 valence electrons. The maximum absolute atomic E-state index is 11.8. The Hall–Kier alpha value is -2.21. The lowest BCUT2D eigenvalue weighted by molar-refractivity contribution is -0.121. The topological polar surface area (TPSA) is 77.2 Å². The molecule has 6 nitrogen and oxygen atoms in total. The fourth-order valence-corrected chi connectivity index (χ4v) is 2.54. The molecule has 0 radical (unpaired) electrons. The van der Waals surface area contributed by atoms with Crippen LogP contribution < -0.4 is 5.32 Å². The number of rotatable bonds is 7. The third kappa shape index (κ3) is 4.63. The number of aromatic nitrogens is 2. The van der Waals surface area contributed by atoms with E-state index in [0.717, 1.165) is 25.2 Å². The summed E-state index contributed by atoms with van der Waals surface area (Å²) in [5, 5.41) is 11.0. The third-order valence-corrected chi connectivity index (χ3v) is 3.89. The van der Waals surface area contributed by atoms with Gasteiger partial charge in [0.15, 0.2) is 0 Å². The van der Waals surface area contributed by atoms with Crippen LogP contribution in [-0.2, 0) is 16.0 Å². The Kier molecular flexibility index (Phi) is 5.37. The number of nitrogens with zero attached hydrogens (tertiary/aromatic N) is 2. The Labute approximate surface area is 135 Å². The number of ether oxygens (including phenoxy) is 1. The summed E-state index contributed by atoms with van der Waals surface area (Å²) in [7, 11) is 0. The van der Waals surface area contributed by atoms with Gasteiger partial charge in [-0.2, -0.15) is 0 Å². The lowest BCUT2D eigenvalue weighted by Crippen LogP contribution is -2.29. The highest BCUT2D eigenvalue weighted by molar-refractivity contribution is 5.75. The molecule has 1 aliphatic rings. The molecule has 1 saturated heterocycles. The first-order valence-electron chi connectivity index (χ1n) is 8.03. The number of aryl methyl sites for hydroxylation is 1. The van der Waals surface area contributed by atoms with Crippen molar-refractivity contribution in [3.63, 3.8) is 0 Å². The van der Waals surface area contributed by atoms with Gasteiger partial charge in [-0.3, -0.25) is 4.79 Å². The van der Waals surface area contributed by atoms with Crippen LogP contribution in [0.15, 0.2) is 34.7 Å². The first-order valence-corrected chi connectivity index (χ1v) is 8.03. The van der Waals surface area contributed by atoms with E-state index in [9.17, 15) is 4.79 Å². The first-order chi connectivity index (χ1) is 11.3. The minimum Gasteiger partial charge on any atom is -0.421 e. The van der Waals surface area contributed by atoms with Crippen molar-refractivity contribution in [1.29, 1.82) is 0 Å². The van der Waals surface area contributed by atoms with Crippen molar-refractivity contribution in [3.8, 4) is 11.5 Å². The normalized spacial score (nSPS) is 17.3. The van der Waals surface area contributed by atoms with E-state index in [4.69, 9.17) is 9.15 Å². The van der Waals surface area contributed by atoms with Crippen LogP contribution >= 0.6 is 0 Å². The highest BCUT2D eigenvalue weighted by Crippen LogP contribution is 2.17. The van der Waals surface area contributed by atoms with E-state index in [0.29, 0.717) is 43.5 Å². The van der Waals surface area contributed by atoms with Crippen LogP contribution in [0.3, 0.4) is 0 Å². The van der Waals surface area contributed by atoms with Crippen molar-refractivity contribution in [2.45, 2.75) is 25.7 Å². The maximum atomic E-state index is 11.8. The third-order valence-electron chi connectivity index (χ3n) is 3.89. The zero-order valence-electron chi connectivity index (χ0n) is 13.0. The second kappa shape index (κ2) is 7.87. The van der Waals surface area contributed by atoms with Crippen LogP contribution in [0.1, 0.15) is 25.2 Å². The van der Waals surface area contributed by atoms with Crippen molar-refractivity contribution in [2.75, 3.05) is 19.8 Å². The molecule has 1 aliphatic heterocycles. The zero-order chi connectivity index (χ0) is 15.9. The molecule has 1 atom stereocenters. The van der Waals surface area contributed by atoms with Gasteiger partial charge in [0.1, 0.15) is 0 Å². The number of carbonyl (C=O) groups is 1. The standard InChI is InChI=1S/C17H21N3O3/c21-15(18-11-13-9-10-22-12-13)7-4-8-16-19-20-17(23-16)14-5-2-1-3-6-14/h1-3,5-6,13H,4,7-12H2,(H,18,21)/t13-/m0/s1. The summed E-state index contributed by atoms with van der Waals surface area (Å²) in [6.07, 6.45) is 2.81. The summed E-state index contributed by atoms with van der Waals surface area (Å²) in [5.74, 6) is 1.62. The predicted octanol–water partition coefficient (Wildman–Crippen LogP) is 2.21. The molecule has 0 saturated carbocycles. The molecule has 0 unspecified atom stereocenters. The number of carbonyl (C=O) groups excluding carboxylic acids is 1. The van der Waals surface area contributed by atoms with Gasteiger partial charge in [-0.25, -0.2) is 0 Å². The van der Waals surface area contributed by atoms with Gasteiger partial charge in [0.05, 0.1) is 6.61 Å². The largest absolute Gasteiger partial charge is 0.421 e. The number of benzene rings is 1. The van der Waals surface area contributed by atoms with Gasteiger partial charge in [0, 0.05) is 37.5 Å². The molecule has 23 heavy (non-hydrogen) atoms. The number of hydrogen-bond donors (Lipinski definition) is 1. The molecule has 2 heterocycles. The van der Waals surface area contributed by atoms with Crippen molar-refractivity contribution in [1.82, 2.24) is 15.5 Å². The molecular formula is C17H21N3O3. The van der Waals surface area contributed by atoms with E-state index in [2.05, 4.69) is 15.5 Å². The molecule has 0 aliphatic carbocycles. The van der Waals surface area contributed by atoms with Gasteiger partial charge in [0.25, 0.3) is 0 Å². The molecule has 1 amide bonds.